The fourth-order valence-electron chi connectivity index (χ4n) is 1.56. The molecule has 106 valence electrons. The van der Waals surface area contributed by atoms with Gasteiger partial charge in [0.2, 0.25) is 0 Å². The van der Waals surface area contributed by atoms with E-state index in [4.69, 9.17) is 0 Å². The minimum atomic E-state index is -4.52. The molecule has 0 atom stereocenters. The number of carbonyl (C=O) groups excluding carboxylic acids is 1. The number of benzene rings is 1. The molecule has 20 heavy (non-hydrogen) atoms. The van der Waals surface area contributed by atoms with Crippen molar-refractivity contribution < 1.29 is 18.0 Å². The standard InChI is InChI=1S/C12H11F3N4O/c13-12(14,15)9-3-1-2-4-10(9)19-11(20)16-5-8-6-17-18-7-8/h1-4,6-7H,5H2,(H,17,18)(H2,16,19,20). The number of amides is 2. The van der Waals surface area contributed by atoms with Crippen LogP contribution in [0.2, 0.25) is 0 Å². The number of para-hydroxylation sites is 1. The zero-order valence-corrected chi connectivity index (χ0v) is 10.2. The Labute approximate surface area is 112 Å². The monoisotopic (exact) mass is 284 g/mol. The Balaban J connectivity index is 2.01. The Bertz CT molecular complexity index is 581. The van der Waals surface area contributed by atoms with E-state index >= 15 is 0 Å². The molecule has 1 heterocycles. The lowest BCUT2D eigenvalue weighted by molar-refractivity contribution is -0.136. The molecule has 0 bridgehead atoms. The molecule has 2 rings (SSSR count). The second-order valence-corrected chi connectivity index (χ2v) is 3.96. The van der Waals surface area contributed by atoms with Gasteiger partial charge in [0.15, 0.2) is 0 Å². The Morgan fingerprint density at radius 2 is 2.05 bits per heavy atom. The molecule has 2 aromatic rings. The number of rotatable bonds is 3. The summed E-state index contributed by atoms with van der Waals surface area (Å²) in [4.78, 5) is 11.6. The minimum absolute atomic E-state index is 0.163. The van der Waals surface area contributed by atoms with E-state index in [2.05, 4.69) is 20.8 Å². The van der Waals surface area contributed by atoms with Crippen LogP contribution >= 0.6 is 0 Å². The van der Waals surface area contributed by atoms with Gasteiger partial charge in [-0.1, -0.05) is 12.1 Å². The van der Waals surface area contributed by atoms with E-state index in [0.29, 0.717) is 5.56 Å². The Kier molecular flexibility index (Phi) is 3.92. The third-order valence-electron chi connectivity index (χ3n) is 2.49. The molecular weight excluding hydrogens is 273 g/mol. The fraction of sp³-hybridized carbons (Fsp3) is 0.167. The summed E-state index contributed by atoms with van der Waals surface area (Å²) in [6, 6.07) is 4.06. The summed E-state index contributed by atoms with van der Waals surface area (Å²) in [6.45, 7) is 0.163. The number of aromatic amines is 1. The first kappa shape index (κ1) is 13.9. The van der Waals surface area contributed by atoms with E-state index in [-0.39, 0.29) is 12.2 Å². The first-order chi connectivity index (χ1) is 9.47. The summed E-state index contributed by atoms with van der Waals surface area (Å²) in [5.41, 5.74) is -0.465. The fourth-order valence-corrected chi connectivity index (χ4v) is 1.56. The van der Waals surface area contributed by atoms with Crippen molar-refractivity contribution in [3.8, 4) is 0 Å². The highest BCUT2D eigenvalue weighted by Gasteiger charge is 2.33. The van der Waals surface area contributed by atoms with Gasteiger partial charge in [-0.25, -0.2) is 4.79 Å². The molecule has 0 fully saturated rings. The quantitative estimate of drug-likeness (QED) is 0.811. The van der Waals surface area contributed by atoms with Gasteiger partial charge in [0.25, 0.3) is 0 Å². The van der Waals surface area contributed by atoms with E-state index < -0.39 is 17.8 Å². The highest BCUT2D eigenvalue weighted by atomic mass is 19.4. The molecule has 1 aromatic heterocycles. The summed E-state index contributed by atoms with van der Waals surface area (Å²) in [6.07, 6.45) is -1.44. The minimum Gasteiger partial charge on any atom is -0.334 e. The van der Waals surface area contributed by atoms with Crippen LogP contribution in [0.5, 0.6) is 0 Å². The van der Waals surface area contributed by atoms with E-state index in [1.54, 1.807) is 6.20 Å². The maximum absolute atomic E-state index is 12.7. The van der Waals surface area contributed by atoms with E-state index in [1.807, 2.05) is 0 Å². The van der Waals surface area contributed by atoms with Crippen LogP contribution < -0.4 is 10.6 Å². The van der Waals surface area contributed by atoms with Crippen molar-refractivity contribution in [2.45, 2.75) is 12.7 Å². The maximum Gasteiger partial charge on any atom is 0.418 e. The molecule has 0 aliphatic heterocycles. The number of carbonyl (C=O) groups is 1. The van der Waals surface area contributed by atoms with Gasteiger partial charge in [0, 0.05) is 18.3 Å². The lowest BCUT2D eigenvalue weighted by Crippen LogP contribution is -2.29. The molecule has 1 aromatic carbocycles. The summed E-state index contributed by atoms with van der Waals surface area (Å²) in [7, 11) is 0. The predicted octanol–water partition coefficient (Wildman–Crippen LogP) is 2.75. The zero-order chi connectivity index (χ0) is 14.6. The average molecular weight is 284 g/mol. The molecule has 5 nitrogen and oxygen atoms in total. The first-order valence-corrected chi connectivity index (χ1v) is 5.65. The second-order valence-electron chi connectivity index (χ2n) is 3.96. The van der Waals surface area contributed by atoms with Gasteiger partial charge in [-0.15, -0.1) is 0 Å². The molecule has 0 radical (unpaired) electrons. The van der Waals surface area contributed by atoms with Crippen LogP contribution in [0.25, 0.3) is 0 Å². The largest absolute Gasteiger partial charge is 0.418 e. The van der Waals surface area contributed by atoms with Crippen molar-refractivity contribution in [2.24, 2.45) is 0 Å². The van der Waals surface area contributed by atoms with Gasteiger partial charge in [0.1, 0.15) is 0 Å². The predicted molar refractivity (Wildman–Crippen MR) is 65.9 cm³/mol. The second kappa shape index (κ2) is 5.64. The van der Waals surface area contributed by atoms with E-state index in [0.717, 1.165) is 6.07 Å². The summed E-state index contributed by atoms with van der Waals surface area (Å²) in [5.74, 6) is 0. The van der Waals surface area contributed by atoms with Crippen LogP contribution in [0, 0.1) is 0 Å². The molecule has 0 saturated carbocycles. The molecule has 8 heteroatoms. The van der Waals surface area contributed by atoms with Crippen LogP contribution in [-0.2, 0) is 12.7 Å². The van der Waals surface area contributed by atoms with Crippen LogP contribution in [-0.4, -0.2) is 16.2 Å². The molecule has 0 spiro atoms. The number of hydrogen-bond acceptors (Lipinski definition) is 2. The van der Waals surface area contributed by atoms with Gasteiger partial charge in [-0.3, -0.25) is 5.10 Å². The van der Waals surface area contributed by atoms with Crippen LogP contribution in [0.3, 0.4) is 0 Å². The third-order valence-corrected chi connectivity index (χ3v) is 2.49. The van der Waals surface area contributed by atoms with Gasteiger partial charge >= 0.3 is 12.2 Å². The summed E-state index contributed by atoms with van der Waals surface area (Å²) >= 11 is 0. The van der Waals surface area contributed by atoms with E-state index in [9.17, 15) is 18.0 Å². The van der Waals surface area contributed by atoms with Gasteiger partial charge in [0.05, 0.1) is 17.4 Å². The van der Waals surface area contributed by atoms with Crippen LogP contribution in [0.15, 0.2) is 36.7 Å². The van der Waals surface area contributed by atoms with Gasteiger partial charge in [-0.2, -0.15) is 18.3 Å². The zero-order valence-electron chi connectivity index (χ0n) is 10.2. The SMILES string of the molecule is O=C(NCc1cn[nH]c1)Nc1ccccc1C(F)(F)F. The Morgan fingerprint density at radius 1 is 1.30 bits per heavy atom. The van der Waals surface area contributed by atoms with Crippen molar-refractivity contribution in [3.63, 3.8) is 0 Å². The van der Waals surface area contributed by atoms with E-state index in [1.165, 1.54) is 24.4 Å². The summed E-state index contributed by atoms with van der Waals surface area (Å²) in [5, 5.41) is 10.9. The lowest BCUT2D eigenvalue weighted by atomic mass is 10.1. The molecule has 0 aliphatic carbocycles. The number of urea groups is 1. The molecular formula is C12H11F3N4O. The van der Waals surface area contributed by atoms with Gasteiger partial charge < -0.3 is 10.6 Å². The lowest BCUT2D eigenvalue weighted by Gasteiger charge is -2.13. The van der Waals surface area contributed by atoms with Crippen LogP contribution in [0.1, 0.15) is 11.1 Å². The molecule has 0 saturated heterocycles. The topological polar surface area (TPSA) is 69.8 Å². The van der Waals surface area contributed by atoms with Gasteiger partial charge in [-0.05, 0) is 12.1 Å². The number of nitrogens with one attached hydrogen (secondary N) is 3. The average Bonchev–Trinajstić information content (AvgIpc) is 2.89. The molecule has 0 unspecified atom stereocenters. The van der Waals surface area contributed by atoms with Crippen molar-refractivity contribution in [3.05, 3.63) is 47.8 Å². The number of nitrogens with zero attached hydrogens (tertiary/aromatic N) is 1. The molecule has 3 N–H and O–H groups in total. The van der Waals surface area contributed by atoms with Crippen molar-refractivity contribution >= 4 is 11.7 Å². The smallest absolute Gasteiger partial charge is 0.334 e. The van der Waals surface area contributed by atoms with Crippen molar-refractivity contribution in [1.29, 1.82) is 0 Å². The Morgan fingerprint density at radius 3 is 2.70 bits per heavy atom. The number of H-pyrrole nitrogens is 1. The summed E-state index contributed by atoms with van der Waals surface area (Å²) < 4.78 is 38.2. The first-order valence-electron chi connectivity index (χ1n) is 5.65. The molecule has 0 aliphatic rings. The number of halogens is 3. The maximum atomic E-state index is 12.7. The Hall–Kier alpha value is -2.51. The number of aromatic nitrogens is 2. The van der Waals surface area contributed by atoms with Crippen molar-refractivity contribution in [2.75, 3.05) is 5.32 Å². The number of alkyl halides is 3. The highest BCUT2D eigenvalue weighted by Crippen LogP contribution is 2.34. The van der Waals surface area contributed by atoms with Crippen LogP contribution in [0.4, 0.5) is 23.7 Å². The number of anilines is 1. The third kappa shape index (κ3) is 3.50. The van der Waals surface area contributed by atoms with Crippen molar-refractivity contribution in [1.82, 2.24) is 15.5 Å². The molecule has 2 amide bonds. The highest BCUT2D eigenvalue weighted by molar-refractivity contribution is 5.90. The number of hydrogen-bond donors (Lipinski definition) is 3. The normalized spacial score (nSPS) is 11.2.